The molecule has 7 nitrogen and oxygen atoms in total. The van der Waals surface area contributed by atoms with Crippen LogP contribution in [0.4, 0.5) is 10.6 Å². The molecule has 132 valence electrons. The molecule has 2 aliphatic rings. The van der Waals surface area contributed by atoms with Crippen molar-refractivity contribution in [3.63, 3.8) is 0 Å². The Morgan fingerprint density at radius 1 is 1.17 bits per heavy atom. The number of carbonyl (C=O) groups is 2. The molecule has 2 fully saturated rings. The van der Waals surface area contributed by atoms with Gasteiger partial charge in [-0.25, -0.2) is 4.79 Å². The lowest BCUT2D eigenvalue weighted by Crippen LogP contribution is -2.43. The first-order chi connectivity index (χ1) is 11.7. The number of hydrogen-bond acceptors (Lipinski definition) is 3. The third-order valence-electron chi connectivity index (χ3n) is 4.69. The largest absolute Gasteiger partial charge is 0.338 e. The van der Waals surface area contributed by atoms with E-state index in [0.29, 0.717) is 37.2 Å². The summed E-state index contributed by atoms with van der Waals surface area (Å²) >= 11 is 0. The number of nitrogens with one attached hydrogen (secondary N) is 4. The summed E-state index contributed by atoms with van der Waals surface area (Å²) in [5.74, 6) is 1.11. The molecule has 4 N–H and O–H groups in total. The van der Waals surface area contributed by atoms with Gasteiger partial charge < -0.3 is 16.0 Å². The molecule has 0 atom stereocenters. The third-order valence-corrected chi connectivity index (χ3v) is 4.69. The lowest BCUT2D eigenvalue weighted by molar-refractivity contribution is -0.116. The van der Waals surface area contributed by atoms with Crippen molar-refractivity contribution in [2.75, 3.05) is 11.9 Å². The van der Waals surface area contributed by atoms with Gasteiger partial charge in [0.2, 0.25) is 5.91 Å². The summed E-state index contributed by atoms with van der Waals surface area (Å²) < 4.78 is 0. The van der Waals surface area contributed by atoms with Gasteiger partial charge in [0.25, 0.3) is 0 Å². The molecule has 3 rings (SSSR count). The monoisotopic (exact) mass is 333 g/mol. The van der Waals surface area contributed by atoms with Crippen LogP contribution in [0, 0.1) is 0 Å². The molecule has 1 heterocycles. The Balaban J connectivity index is 1.26. The molecule has 0 spiro atoms. The molecule has 3 amide bonds. The molecule has 0 radical (unpaired) electrons. The van der Waals surface area contributed by atoms with E-state index in [1.54, 1.807) is 0 Å². The molecule has 1 aromatic rings. The molecule has 1 aromatic heterocycles. The summed E-state index contributed by atoms with van der Waals surface area (Å²) in [6.07, 6.45) is 9.19. The summed E-state index contributed by atoms with van der Waals surface area (Å²) in [6, 6.07) is 2.09. The smallest absolute Gasteiger partial charge is 0.315 e. The van der Waals surface area contributed by atoms with Crippen LogP contribution in [0.1, 0.15) is 69.4 Å². The maximum Gasteiger partial charge on any atom is 0.315 e. The average molecular weight is 333 g/mol. The van der Waals surface area contributed by atoms with Crippen molar-refractivity contribution in [1.82, 2.24) is 20.8 Å². The minimum atomic E-state index is -0.122. The molecular formula is C17H27N5O2. The molecule has 0 unspecified atom stereocenters. The van der Waals surface area contributed by atoms with Crippen LogP contribution >= 0.6 is 0 Å². The lowest BCUT2D eigenvalue weighted by atomic mass is 9.96. The minimum absolute atomic E-state index is 0.0710. The maximum atomic E-state index is 11.9. The van der Waals surface area contributed by atoms with Crippen molar-refractivity contribution in [2.45, 2.75) is 69.7 Å². The highest BCUT2D eigenvalue weighted by atomic mass is 16.2. The zero-order valence-electron chi connectivity index (χ0n) is 14.1. The number of H-pyrrole nitrogens is 1. The summed E-state index contributed by atoms with van der Waals surface area (Å²) in [6.45, 7) is 0.500. The molecule has 0 saturated heterocycles. The van der Waals surface area contributed by atoms with Gasteiger partial charge in [-0.3, -0.25) is 9.89 Å². The van der Waals surface area contributed by atoms with Crippen molar-refractivity contribution < 1.29 is 9.59 Å². The van der Waals surface area contributed by atoms with Crippen LogP contribution < -0.4 is 16.0 Å². The SMILES string of the molecule is O=C(CCCNC(=O)NC1CCCCC1)Nc1cc(C2CC2)[nH]n1. The Bertz CT molecular complexity index is 561. The van der Waals surface area contributed by atoms with Gasteiger partial charge in [0, 0.05) is 36.7 Å². The standard InChI is InChI=1S/C17H27N5O2/c23-16(20-15-11-14(21-22-15)12-8-9-12)7-4-10-18-17(24)19-13-5-2-1-3-6-13/h11-13H,1-10H2,(H2,18,19,24)(H2,20,21,22,23). The fourth-order valence-electron chi connectivity index (χ4n) is 3.14. The Morgan fingerprint density at radius 3 is 2.71 bits per heavy atom. The van der Waals surface area contributed by atoms with Crippen LogP contribution in [0.3, 0.4) is 0 Å². The van der Waals surface area contributed by atoms with Gasteiger partial charge in [-0.1, -0.05) is 19.3 Å². The number of aromatic nitrogens is 2. The first-order valence-corrected chi connectivity index (χ1v) is 9.10. The van der Waals surface area contributed by atoms with Crippen LogP contribution in [0.2, 0.25) is 0 Å². The number of aromatic amines is 1. The Kier molecular flexibility index (Phi) is 5.72. The van der Waals surface area contributed by atoms with Gasteiger partial charge in [-0.2, -0.15) is 5.10 Å². The Morgan fingerprint density at radius 2 is 1.96 bits per heavy atom. The first-order valence-electron chi connectivity index (χ1n) is 9.10. The number of hydrogen-bond donors (Lipinski definition) is 4. The molecule has 0 aliphatic heterocycles. The highest BCUT2D eigenvalue weighted by Gasteiger charge is 2.25. The van der Waals surface area contributed by atoms with E-state index in [4.69, 9.17) is 0 Å². The molecule has 0 bridgehead atoms. The number of amides is 3. The molecule has 7 heteroatoms. The maximum absolute atomic E-state index is 11.9. The van der Waals surface area contributed by atoms with Gasteiger partial charge >= 0.3 is 6.03 Å². The second-order valence-electron chi connectivity index (χ2n) is 6.87. The van der Waals surface area contributed by atoms with E-state index in [-0.39, 0.29) is 11.9 Å². The van der Waals surface area contributed by atoms with Gasteiger partial charge in [0.1, 0.15) is 0 Å². The molecule has 24 heavy (non-hydrogen) atoms. The number of rotatable bonds is 7. The second kappa shape index (κ2) is 8.17. The lowest BCUT2D eigenvalue weighted by Gasteiger charge is -2.22. The number of anilines is 1. The number of nitrogens with zero attached hydrogens (tertiary/aromatic N) is 1. The summed E-state index contributed by atoms with van der Waals surface area (Å²) in [5, 5.41) is 15.7. The predicted octanol–water partition coefficient (Wildman–Crippen LogP) is 2.64. The molecule has 2 aliphatic carbocycles. The fraction of sp³-hybridized carbons (Fsp3) is 0.706. The van der Waals surface area contributed by atoms with E-state index in [0.717, 1.165) is 18.5 Å². The van der Waals surface area contributed by atoms with Gasteiger partial charge in [-0.05, 0) is 32.1 Å². The van der Waals surface area contributed by atoms with Crippen LogP contribution in [0.15, 0.2) is 6.07 Å². The topological polar surface area (TPSA) is 98.9 Å². The number of carbonyl (C=O) groups excluding carboxylic acids is 2. The van der Waals surface area contributed by atoms with Crippen molar-refractivity contribution in [3.05, 3.63) is 11.8 Å². The fourth-order valence-corrected chi connectivity index (χ4v) is 3.14. The zero-order valence-corrected chi connectivity index (χ0v) is 14.1. The summed E-state index contributed by atoms with van der Waals surface area (Å²) in [5.41, 5.74) is 1.10. The van der Waals surface area contributed by atoms with Crippen molar-refractivity contribution in [1.29, 1.82) is 0 Å². The third kappa shape index (κ3) is 5.25. The van der Waals surface area contributed by atoms with Gasteiger partial charge in [0.05, 0.1) is 0 Å². The highest BCUT2D eigenvalue weighted by Crippen LogP contribution is 2.39. The van der Waals surface area contributed by atoms with Gasteiger partial charge in [0.15, 0.2) is 5.82 Å². The van der Waals surface area contributed by atoms with Crippen LogP contribution in [0.5, 0.6) is 0 Å². The summed E-state index contributed by atoms with van der Waals surface area (Å²) in [7, 11) is 0. The predicted molar refractivity (Wildman–Crippen MR) is 91.8 cm³/mol. The van der Waals surface area contributed by atoms with Crippen LogP contribution in [-0.4, -0.2) is 34.7 Å². The second-order valence-corrected chi connectivity index (χ2v) is 6.87. The van der Waals surface area contributed by atoms with Crippen LogP contribution in [0.25, 0.3) is 0 Å². The normalized spacial score (nSPS) is 18.2. The summed E-state index contributed by atoms with van der Waals surface area (Å²) in [4.78, 5) is 23.7. The number of urea groups is 1. The highest BCUT2D eigenvalue weighted by molar-refractivity contribution is 5.89. The molecule has 0 aromatic carbocycles. The molecular weight excluding hydrogens is 306 g/mol. The van der Waals surface area contributed by atoms with Crippen molar-refractivity contribution in [2.24, 2.45) is 0 Å². The zero-order chi connectivity index (χ0) is 16.8. The first kappa shape index (κ1) is 16.8. The Hall–Kier alpha value is -2.05. The quantitative estimate of drug-likeness (QED) is 0.577. The van der Waals surface area contributed by atoms with E-state index < -0.39 is 0 Å². The van der Waals surface area contributed by atoms with Crippen molar-refractivity contribution in [3.8, 4) is 0 Å². The van der Waals surface area contributed by atoms with Gasteiger partial charge in [-0.15, -0.1) is 0 Å². The van der Waals surface area contributed by atoms with E-state index in [2.05, 4.69) is 26.1 Å². The molecule has 2 saturated carbocycles. The van der Waals surface area contributed by atoms with E-state index in [1.807, 2.05) is 6.07 Å². The Labute approximate surface area is 142 Å². The average Bonchev–Trinajstić information content (AvgIpc) is 3.33. The van der Waals surface area contributed by atoms with E-state index in [9.17, 15) is 9.59 Å². The van der Waals surface area contributed by atoms with Crippen LogP contribution in [-0.2, 0) is 4.79 Å². The van der Waals surface area contributed by atoms with E-state index in [1.165, 1.54) is 32.1 Å². The van der Waals surface area contributed by atoms with E-state index >= 15 is 0 Å². The van der Waals surface area contributed by atoms with Crippen molar-refractivity contribution >= 4 is 17.8 Å². The minimum Gasteiger partial charge on any atom is -0.338 e.